The summed E-state index contributed by atoms with van der Waals surface area (Å²) in [6.45, 7) is 0.519. The van der Waals surface area contributed by atoms with Crippen LogP contribution in [-0.4, -0.2) is 21.8 Å². The highest BCUT2D eigenvalue weighted by atomic mass is 32.2. The third kappa shape index (κ3) is 3.73. The molecule has 0 radical (unpaired) electrons. The molecular formula is C26H23N3OS. The number of benzene rings is 3. The van der Waals surface area contributed by atoms with E-state index in [2.05, 4.69) is 46.4 Å². The smallest absolute Gasteiger partial charge is 0.318 e. The maximum atomic E-state index is 13.6. The maximum Gasteiger partial charge on any atom is 0.322 e. The molecule has 5 heteroatoms. The second-order valence-electron chi connectivity index (χ2n) is 7.53. The number of amides is 2. The van der Waals surface area contributed by atoms with Gasteiger partial charge in [0.2, 0.25) is 0 Å². The summed E-state index contributed by atoms with van der Waals surface area (Å²) in [6.07, 6.45) is 4.11. The first-order chi connectivity index (χ1) is 15.2. The summed E-state index contributed by atoms with van der Waals surface area (Å²) >= 11 is 1.66. The van der Waals surface area contributed by atoms with E-state index < -0.39 is 0 Å². The quantitative estimate of drug-likeness (QED) is 0.389. The molecule has 3 aromatic carbocycles. The molecule has 1 unspecified atom stereocenters. The molecule has 31 heavy (non-hydrogen) atoms. The van der Waals surface area contributed by atoms with Gasteiger partial charge in [-0.1, -0.05) is 54.6 Å². The average Bonchev–Trinajstić information content (AvgIpc) is 3.24. The molecule has 1 N–H and O–H groups in total. The number of fused-ring (bicyclic) bond motifs is 3. The summed E-state index contributed by atoms with van der Waals surface area (Å²) < 4.78 is 2.20. The third-order valence-corrected chi connectivity index (χ3v) is 6.39. The van der Waals surface area contributed by atoms with Gasteiger partial charge in [0.05, 0.1) is 18.3 Å². The maximum absolute atomic E-state index is 13.6. The number of aromatic nitrogens is 1. The first-order valence-corrected chi connectivity index (χ1v) is 11.5. The zero-order chi connectivity index (χ0) is 21.2. The third-order valence-electron chi connectivity index (χ3n) is 5.66. The molecule has 1 aromatic heterocycles. The summed E-state index contributed by atoms with van der Waals surface area (Å²) in [6, 6.07) is 30.3. The SMILES string of the molecule is CSc1cccc(NC(=O)N2Cc3ccccc3-n3cccc3C2c2ccccc2)c1. The molecule has 0 saturated carbocycles. The molecule has 4 nitrogen and oxygen atoms in total. The van der Waals surface area contributed by atoms with E-state index in [4.69, 9.17) is 0 Å². The number of urea groups is 1. The number of hydrogen-bond donors (Lipinski definition) is 1. The Balaban J connectivity index is 1.60. The Bertz CT molecular complexity index is 1220. The number of nitrogens with one attached hydrogen (secondary N) is 1. The van der Waals surface area contributed by atoms with E-state index in [1.807, 2.05) is 71.8 Å². The van der Waals surface area contributed by atoms with Gasteiger partial charge in [-0.15, -0.1) is 11.8 Å². The molecule has 2 heterocycles. The average molecular weight is 426 g/mol. The molecule has 0 spiro atoms. The van der Waals surface area contributed by atoms with E-state index in [9.17, 15) is 4.79 Å². The van der Waals surface area contributed by atoms with Gasteiger partial charge >= 0.3 is 6.03 Å². The van der Waals surface area contributed by atoms with Crippen molar-refractivity contribution in [3.8, 4) is 5.69 Å². The molecule has 1 aliphatic heterocycles. The molecule has 5 rings (SSSR count). The van der Waals surface area contributed by atoms with E-state index >= 15 is 0 Å². The fourth-order valence-corrected chi connectivity index (χ4v) is 4.68. The van der Waals surface area contributed by atoms with E-state index in [0.717, 1.165) is 33.1 Å². The fraction of sp³-hybridized carbons (Fsp3) is 0.115. The second kappa shape index (κ2) is 8.36. The summed E-state index contributed by atoms with van der Waals surface area (Å²) in [5, 5.41) is 3.13. The lowest BCUT2D eigenvalue weighted by molar-refractivity contribution is 0.194. The fourth-order valence-electron chi connectivity index (χ4n) is 4.22. The highest BCUT2D eigenvalue weighted by Gasteiger charge is 2.32. The van der Waals surface area contributed by atoms with Gasteiger partial charge in [0, 0.05) is 22.5 Å². The number of nitrogens with zero attached hydrogens (tertiary/aromatic N) is 2. The normalized spacial score (nSPS) is 15.0. The van der Waals surface area contributed by atoms with Crippen LogP contribution in [-0.2, 0) is 6.54 Å². The minimum Gasteiger partial charge on any atom is -0.318 e. The van der Waals surface area contributed by atoms with Gasteiger partial charge in [0.25, 0.3) is 0 Å². The van der Waals surface area contributed by atoms with Crippen molar-refractivity contribution in [1.29, 1.82) is 0 Å². The molecule has 0 bridgehead atoms. The zero-order valence-corrected chi connectivity index (χ0v) is 18.0. The Labute approximate surface area is 186 Å². The second-order valence-corrected chi connectivity index (χ2v) is 8.41. The van der Waals surface area contributed by atoms with Crippen LogP contribution in [0, 0.1) is 0 Å². The molecule has 2 amide bonds. The number of carbonyl (C=O) groups is 1. The van der Waals surface area contributed by atoms with Gasteiger partial charge in [-0.2, -0.15) is 0 Å². The molecule has 0 fully saturated rings. The predicted molar refractivity (Wildman–Crippen MR) is 127 cm³/mol. The van der Waals surface area contributed by atoms with Crippen LogP contribution in [0.25, 0.3) is 5.69 Å². The number of para-hydroxylation sites is 1. The predicted octanol–water partition coefficient (Wildman–Crippen LogP) is 6.34. The Kier molecular flexibility index (Phi) is 5.26. The van der Waals surface area contributed by atoms with Gasteiger partial charge in [-0.05, 0) is 53.8 Å². The zero-order valence-electron chi connectivity index (χ0n) is 17.2. The lowest BCUT2D eigenvalue weighted by Crippen LogP contribution is -2.37. The van der Waals surface area contributed by atoms with Crippen molar-refractivity contribution in [3.05, 3.63) is 114 Å². The summed E-state index contributed by atoms with van der Waals surface area (Å²) in [4.78, 5) is 16.7. The van der Waals surface area contributed by atoms with Gasteiger partial charge in [0.15, 0.2) is 0 Å². The van der Waals surface area contributed by atoms with Crippen LogP contribution in [0.15, 0.2) is 102 Å². The van der Waals surface area contributed by atoms with Crippen LogP contribution < -0.4 is 5.32 Å². The Hall–Kier alpha value is -3.44. The number of hydrogen-bond acceptors (Lipinski definition) is 2. The number of thioether (sulfide) groups is 1. The molecule has 154 valence electrons. The first-order valence-electron chi connectivity index (χ1n) is 10.3. The monoisotopic (exact) mass is 425 g/mol. The van der Waals surface area contributed by atoms with Crippen molar-refractivity contribution in [1.82, 2.24) is 9.47 Å². The minimum atomic E-state index is -0.202. The lowest BCUT2D eigenvalue weighted by atomic mass is 10.0. The van der Waals surface area contributed by atoms with Crippen LogP contribution in [0.3, 0.4) is 0 Å². The van der Waals surface area contributed by atoms with Crippen molar-refractivity contribution in [2.75, 3.05) is 11.6 Å². The van der Waals surface area contributed by atoms with Crippen LogP contribution in [0.5, 0.6) is 0 Å². The van der Waals surface area contributed by atoms with E-state index in [-0.39, 0.29) is 12.1 Å². The molecule has 0 saturated heterocycles. The Morgan fingerprint density at radius 2 is 1.74 bits per heavy atom. The topological polar surface area (TPSA) is 37.3 Å². The lowest BCUT2D eigenvalue weighted by Gasteiger charge is -2.31. The van der Waals surface area contributed by atoms with Crippen molar-refractivity contribution in [2.24, 2.45) is 0 Å². The Morgan fingerprint density at radius 3 is 2.58 bits per heavy atom. The van der Waals surface area contributed by atoms with Gasteiger partial charge in [0.1, 0.15) is 0 Å². The molecule has 1 aliphatic rings. The van der Waals surface area contributed by atoms with E-state index in [1.165, 1.54) is 0 Å². The molecule has 0 aliphatic carbocycles. The Morgan fingerprint density at radius 1 is 0.935 bits per heavy atom. The summed E-state index contributed by atoms with van der Waals surface area (Å²) in [7, 11) is 0. The molecular weight excluding hydrogens is 402 g/mol. The van der Waals surface area contributed by atoms with Gasteiger partial charge in [-0.3, -0.25) is 0 Å². The van der Waals surface area contributed by atoms with E-state index in [1.54, 1.807) is 11.8 Å². The highest BCUT2D eigenvalue weighted by Crippen LogP contribution is 2.36. The molecule has 4 aromatic rings. The van der Waals surface area contributed by atoms with Crippen LogP contribution in [0.1, 0.15) is 22.9 Å². The van der Waals surface area contributed by atoms with Crippen molar-refractivity contribution in [3.63, 3.8) is 0 Å². The minimum absolute atomic E-state index is 0.114. The van der Waals surface area contributed by atoms with Crippen molar-refractivity contribution in [2.45, 2.75) is 17.5 Å². The van der Waals surface area contributed by atoms with Crippen LogP contribution in [0.2, 0.25) is 0 Å². The van der Waals surface area contributed by atoms with E-state index in [0.29, 0.717) is 6.54 Å². The highest BCUT2D eigenvalue weighted by molar-refractivity contribution is 7.98. The summed E-state index contributed by atoms with van der Waals surface area (Å²) in [5.74, 6) is 0. The van der Waals surface area contributed by atoms with Gasteiger partial charge < -0.3 is 14.8 Å². The van der Waals surface area contributed by atoms with Crippen LogP contribution >= 0.6 is 11.8 Å². The van der Waals surface area contributed by atoms with Gasteiger partial charge in [-0.25, -0.2) is 4.79 Å². The van der Waals surface area contributed by atoms with Crippen molar-refractivity contribution >= 4 is 23.5 Å². The molecule has 1 atom stereocenters. The standard InChI is InChI=1S/C26H23N3OS/c1-31-22-13-7-12-21(17-22)27-26(30)29-18-20-11-5-6-14-23(20)28-16-8-15-24(28)25(29)19-9-3-2-4-10-19/h2-17,25H,18H2,1H3,(H,27,30). The first kappa shape index (κ1) is 19.5. The number of anilines is 1. The van der Waals surface area contributed by atoms with Crippen molar-refractivity contribution < 1.29 is 4.79 Å². The van der Waals surface area contributed by atoms with Crippen LogP contribution in [0.4, 0.5) is 10.5 Å². The number of rotatable bonds is 3. The largest absolute Gasteiger partial charge is 0.322 e. The summed E-state index contributed by atoms with van der Waals surface area (Å²) in [5.41, 5.74) is 5.19. The number of carbonyl (C=O) groups excluding carboxylic acids is 1.